The van der Waals surface area contributed by atoms with Crippen molar-refractivity contribution in [3.63, 3.8) is 0 Å². The van der Waals surface area contributed by atoms with Gasteiger partial charge in [0.15, 0.2) is 0 Å². The van der Waals surface area contributed by atoms with Crippen LogP contribution < -0.4 is 0 Å². The first-order chi connectivity index (χ1) is 22.3. The summed E-state index contributed by atoms with van der Waals surface area (Å²) in [7, 11) is 0. The monoisotopic (exact) mass is 654 g/mol. The van der Waals surface area contributed by atoms with Crippen LogP contribution in [0, 0.1) is 0 Å². The van der Waals surface area contributed by atoms with Crippen molar-refractivity contribution >= 4 is 35.8 Å². The fourth-order valence-corrected chi connectivity index (χ4v) is 4.91. The summed E-state index contributed by atoms with van der Waals surface area (Å²) >= 11 is 0. The molecule has 1 N–H and O–H groups in total. The molecule has 0 radical (unpaired) electrons. The van der Waals surface area contributed by atoms with Crippen molar-refractivity contribution in [2.24, 2.45) is 0 Å². The summed E-state index contributed by atoms with van der Waals surface area (Å²) in [5.41, 5.74) is -0.972. The van der Waals surface area contributed by atoms with E-state index in [2.05, 4.69) is 0 Å². The van der Waals surface area contributed by atoms with E-state index in [9.17, 15) is 33.9 Å². The molecule has 0 bridgehead atoms. The molecule has 47 heavy (non-hydrogen) atoms. The molecule has 1 unspecified atom stereocenters. The van der Waals surface area contributed by atoms with E-state index in [1.807, 2.05) is 6.92 Å². The number of hydrogen-bond donors (Lipinski definition) is 1. The van der Waals surface area contributed by atoms with Gasteiger partial charge >= 0.3 is 35.8 Å². The van der Waals surface area contributed by atoms with Crippen molar-refractivity contribution in [2.75, 3.05) is 6.61 Å². The van der Waals surface area contributed by atoms with E-state index in [1.165, 1.54) is 43.4 Å². The zero-order valence-corrected chi connectivity index (χ0v) is 26.0. The molecule has 0 amide bonds. The molecule has 0 aromatic carbocycles. The Morgan fingerprint density at radius 3 is 1.66 bits per heavy atom. The smallest absolute Gasteiger partial charge is 0.348 e. The van der Waals surface area contributed by atoms with Crippen molar-refractivity contribution in [1.82, 2.24) is 0 Å². The van der Waals surface area contributed by atoms with Gasteiger partial charge in [0, 0.05) is 39.0 Å². The molecule has 0 aromatic rings. The largest absolute Gasteiger partial charge is 0.480 e. The molecule has 4 rings (SSSR count). The molecule has 4 aliphatic rings. The van der Waals surface area contributed by atoms with Gasteiger partial charge in [-0.05, 0) is 32.1 Å². The van der Waals surface area contributed by atoms with Gasteiger partial charge < -0.3 is 38.3 Å². The van der Waals surface area contributed by atoms with Crippen molar-refractivity contribution in [1.29, 1.82) is 0 Å². The van der Waals surface area contributed by atoms with E-state index in [-0.39, 0.29) is 56.3 Å². The summed E-state index contributed by atoms with van der Waals surface area (Å²) in [6.45, 7) is 5.05. The number of allylic oxidation sites excluding steroid dienone is 9. The number of esters is 6. The van der Waals surface area contributed by atoms with Crippen LogP contribution in [0.15, 0.2) is 83.4 Å². The molecular weight excluding hydrogens is 620 g/mol. The van der Waals surface area contributed by atoms with Gasteiger partial charge in [-0.1, -0.05) is 42.5 Å². The fraction of sp³-hybridized carbons (Fsp3) is 0.394. The molecule has 1 aliphatic carbocycles. The van der Waals surface area contributed by atoms with Crippen LogP contribution in [0.25, 0.3) is 0 Å². The summed E-state index contributed by atoms with van der Waals surface area (Å²) in [5.74, 6) is -10.5. The molecule has 3 aliphatic heterocycles. The fourth-order valence-electron chi connectivity index (χ4n) is 4.91. The third-order valence-corrected chi connectivity index (χ3v) is 7.35. The number of ether oxygens (including phenoxy) is 7. The van der Waals surface area contributed by atoms with Crippen molar-refractivity contribution in [2.45, 2.75) is 76.7 Å². The summed E-state index contributed by atoms with van der Waals surface area (Å²) in [4.78, 5) is 74.6. The SMILES string of the molecule is C/C=C/C=C/C=C1C(=O)OC2(CCC3(CC2)OC(=O)C(=C/C=C/C=C/C2=C(O)OC(C)(CCC(=O)OCC)OC2=O)C(=O)O3)OC1=O. The lowest BCUT2D eigenvalue weighted by Gasteiger charge is -2.45. The molecule has 250 valence electrons. The highest BCUT2D eigenvalue weighted by atomic mass is 16.8. The van der Waals surface area contributed by atoms with Crippen LogP contribution in [0.4, 0.5) is 0 Å². The lowest BCUT2D eigenvalue weighted by molar-refractivity contribution is -0.291. The zero-order valence-electron chi connectivity index (χ0n) is 26.0. The Morgan fingerprint density at radius 1 is 0.723 bits per heavy atom. The van der Waals surface area contributed by atoms with Gasteiger partial charge in [-0.2, -0.15) is 0 Å². The zero-order chi connectivity index (χ0) is 34.2. The molecule has 0 aromatic heterocycles. The molecule has 1 saturated carbocycles. The number of hydrogen-bond acceptors (Lipinski definition) is 14. The Hall–Kier alpha value is -5.40. The van der Waals surface area contributed by atoms with E-state index in [4.69, 9.17) is 33.2 Å². The normalized spacial score (nSPS) is 28.1. The molecule has 14 heteroatoms. The second-order valence-electron chi connectivity index (χ2n) is 10.8. The number of carbonyl (C=O) groups is 6. The molecule has 3 fully saturated rings. The maximum atomic E-state index is 12.7. The second-order valence-corrected chi connectivity index (χ2v) is 10.8. The van der Waals surface area contributed by atoms with Crippen LogP contribution in [0.3, 0.4) is 0 Å². The molecule has 2 spiro atoms. The van der Waals surface area contributed by atoms with Crippen LogP contribution in [-0.2, 0) is 61.9 Å². The van der Waals surface area contributed by atoms with Crippen LogP contribution in [0.5, 0.6) is 0 Å². The standard InChI is InChI=1S/C33H34O14/c1-4-6-7-9-12-22-27(37)44-32(45-28(22)38)17-19-33(20-18-32)46-29(39)23(30(40)47-33)14-11-8-10-13-21-25(35)42-31(3,43-26(21)36)16-15-24(34)41-5-2/h4,6-14,35H,5,15-20H2,1-3H3/b6-4+,9-7+,11-8+,13-10+,22-12?,23-14?. The van der Waals surface area contributed by atoms with E-state index in [0.29, 0.717) is 0 Å². The first kappa shape index (κ1) is 34.5. The molecular formula is C33H34O14. The third-order valence-electron chi connectivity index (χ3n) is 7.35. The summed E-state index contributed by atoms with van der Waals surface area (Å²) in [6.07, 6.45) is 13.7. The van der Waals surface area contributed by atoms with E-state index < -0.39 is 64.7 Å². The maximum absolute atomic E-state index is 12.7. The van der Waals surface area contributed by atoms with Gasteiger partial charge in [0.1, 0.15) is 16.7 Å². The average Bonchev–Trinajstić information content (AvgIpc) is 2.99. The number of rotatable bonds is 9. The Kier molecular flexibility index (Phi) is 10.5. The quantitative estimate of drug-likeness (QED) is 0.125. The molecule has 3 heterocycles. The number of carbonyl (C=O) groups excluding carboxylic acids is 6. The summed E-state index contributed by atoms with van der Waals surface area (Å²) in [5, 5.41) is 10.2. The predicted molar refractivity (Wildman–Crippen MR) is 158 cm³/mol. The first-order valence-corrected chi connectivity index (χ1v) is 14.8. The lowest BCUT2D eigenvalue weighted by Crippen LogP contribution is -2.56. The average molecular weight is 655 g/mol. The Morgan fingerprint density at radius 2 is 1.21 bits per heavy atom. The van der Waals surface area contributed by atoms with Gasteiger partial charge in [0.05, 0.1) is 13.0 Å². The van der Waals surface area contributed by atoms with Crippen molar-refractivity contribution in [3.05, 3.63) is 83.4 Å². The summed E-state index contributed by atoms with van der Waals surface area (Å²) in [6, 6.07) is 0. The van der Waals surface area contributed by atoms with Crippen LogP contribution >= 0.6 is 0 Å². The minimum Gasteiger partial charge on any atom is -0.480 e. The number of aliphatic hydroxyl groups is 1. The molecule has 14 nitrogen and oxygen atoms in total. The number of cyclic esters (lactones) is 1. The van der Waals surface area contributed by atoms with Gasteiger partial charge in [0.2, 0.25) is 0 Å². The minimum atomic E-state index is -1.62. The third kappa shape index (κ3) is 8.26. The first-order valence-electron chi connectivity index (χ1n) is 14.8. The van der Waals surface area contributed by atoms with Gasteiger partial charge in [-0.25, -0.2) is 24.0 Å². The molecule has 2 saturated heterocycles. The maximum Gasteiger partial charge on any atom is 0.348 e. The Labute approximate surface area is 269 Å². The number of aliphatic hydroxyl groups excluding tert-OH is 1. The van der Waals surface area contributed by atoms with Gasteiger partial charge in [-0.15, -0.1) is 0 Å². The van der Waals surface area contributed by atoms with Crippen LogP contribution in [0.2, 0.25) is 0 Å². The van der Waals surface area contributed by atoms with E-state index >= 15 is 0 Å². The van der Waals surface area contributed by atoms with Crippen molar-refractivity contribution in [3.8, 4) is 0 Å². The highest BCUT2D eigenvalue weighted by Crippen LogP contribution is 2.45. The minimum absolute atomic E-state index is 0.0463. The second kappa shape index (κ2) is 14.4. The Bertz CT molecular complexity index is 1500. The van der Waals surface area contributed by atoms with Gasteiger partial charge in [0.25, 0.3) is 23.3 Å². The topological polar surface area (TPSA) is 187 Å². The van der Waals surface area contributed by atoms with E-state index in [0.717, 1.165) is 6.08 Å². The van der Waals surface area contributed by atoms with Gasteiger partial charge in [-0.3, -0.25) is 4.79 Å². The van der Waals surface area contributed by atoms with E-state index in [1.54, 1.807) is 25.2 Å². The summed E-state index contributed by atoms with van der Waals surface area (Å²) < 4.78 is 37.2. The highest BCUT2D eigenvalue weighted by Gasteiger charge is 2.56. The lowest BCUT2D eigenvalue weighted by atomic mass is 9.87. The van der Waals surface area contributed by atoms with Crippen LogP contribution in [0.1, 0.15) is 59.3 Å². The predicted octanol–water partition coefficient (Wildman–Crippen LogP) is 3.65. The molecule has 1 atom stereocenters. The Balaban J connectivity index is 1.32. The van der Waals surface area contributed by atoms with Crippen molar-refractivity contribution < 1.29 is 67.0 Å². The van der Waals surface area contributed by atoms with Crippen LogP contribution in [-0.4, -0.2) is 64.9 Å². The highest BCUT2D eigenvalue weighted by molar-refractivity contribution is 6.16.